The highest BCUT2D eigenvalue weighted by Crippen LogP contribution is 2.33. The van der Waals surface area contributed by atoms with Crippen LogP contribution in [-0.4, -0.2) is 26.2 Å². The Morgan fingerprint density at radius 1 is 1.33 bits per heavy atom. The van der Waals surface area contributed by atoms with Gasteiger partial charge in [-0.05, 0) is 23.8 Å². The van der Waals surface area contributed by atoms with Crippen molar-refractivity contribution in [3.63, 3.8) is 0 Å². The van der Waals surface area contributed by atoms with Crippen LogP contribution in [0.1, 0.15) is 5.56 Å². The normalized spacial score (nSPS) is 10.3. The molecule has 0 bridgehead atoms. The maximum absolute atomic E-state index is 5.96. The van der Waals surface area contributed by atoms with Crippen molar-refractivity contribution in [3.8, 4) is 5.88 Å². The summed E-state index contributed by atoms with van der Waals surface area (Å²) >= 11 is 9.48. The fraction of sp³-hybridized carbons (Fsp3) is 0.267. The van der Waals surface area contributed by atoms with Crippen molar-refractivity contribution in [2.24, 2.45) is 0 Å². The van der Waals surface area contributed by atoms with Gasteiger partial charge in [-0.25, -0.2) is 4.98 Å². The minimum Gasteiger partial charge on any atom is -0.479 e. The molecule has 6 heteroatoms. The topological polar surface area (TPSA) is 37.4 Å². The van der Waals surface area contributed by atoms with E-state index in [2.05, 4.69) is 26.2 Å². The summed E-state index contributed by atoms with van der Waals surface area (Å²) < 4.78 is 6.31. The van der Waals surface area contributed by atoms with E-state index in [1.165, 1.54) is 0 Å². The van der Waals surface area contributed by atoms with Crippen LogP contribution in [0, 0.1) is 0 Å². The number of nitrogens with one attached hydrogen (secondary N) is 1. The van der Waals surface area contributed by atoms with Crippen LogP contribution in [0.25, 0.3) is 0 Å². The van der Waals surface area contributed by atoms with Crippen LogP contribution in [0.5, 0.6) is 5.88 Å². The molecule has 112 valence electrons. The van der Waals surface area contributed by atoms with Crippen molar-refractivity contribution in [2.45, 2.75) is 6.54 Å². The van der Waals surface area contributed by atoms with Gasteiger partial charge in [-0.3, -0.25) is 0 Å². The zero-order chi connectivity index (χ0) is 15.4. The van der Waals surface area contributed by atoms with Crippen molar-refractivity contribution in [1.29, 1.82) is 0 Å². The number of rotatable bonds is 5. The maximum Gasteiger partial charge on any atom is 0.239 e. The van der Waals surface area contributed by atoms with E-state index in [9.17, 15) is 0 Å². The van der Waals surface area contributed by atoms with E-state index in [0.717, 1.165) is 21.4 Å². The van der Waals surface area contributed by atoms with Gasteiger partial charge in [0.05, 0.1) is 12.8 Å². The molecule has 0 spiro atoms. The van der Waals surface area contributed by atoms with Gasteiger partial charge in [0.1, 0.15) is 5.69 Å². The predicted molar refractivity (Wildman–Crippen MR) is 91.6 cm³/mol. The molecule has 1 aromatic carbocycles. The van der Waals surface area contributed by atoms with Crippen LogP contribution in [0.15, 0.2) is 34.9 Å². The van der Waals surface area contributed by atoms with Crippen molar-refractivity contribution in [3.05, 3.63) is 45.5 Å². The summed E-state index contributed by atoms with van der Waals surface area (Å²) in [5.74, 6) is 0.575. The fourth-order valence-corrected chi connectivity index (χ4v) is 2.80. The zero-order valence-electron chi connectivity index (χ0n) is 12.2. The van der Waals surface area contributed by atoms with Gasteiger partial charge in [0, 0.05) is 36.3 Å². The smallest absolute Gasteiger partial charge is 0.239 e. The van der Waals surface area contributed by atoms with Crippen LogP contribution < -0.4 is 15.0 Å². The minimum absolute atomic E-state index is 0.575. The molecule has 0 aliphatic heterocycles. The standard InChI is InChI=1S/C15H17BrClN3O/c1-20(2)13-6-7-18-15(21-3)14(13)19-9-10-4-5-11(17)8-12(10)16/h4-8,19H,9H2,1-3H3. The van der Waals surface area contributed by atoms with Crippen LogP contribution in [0.2, 0.25) is 5.02 Å². The zero-order valence-corrected chi connectivity index (χ0v) is 14.5. The van der Waals surface area contributed by atoms with Gasteiger partial charge < -0.3 is 15.0 Å². The first-order valence-electron chi connectivity index (χ1n) is 6.41. The van der Waals surface area contributed by atoms with Gasteiger partial charge in [-0.1, -0.05) is 33.6 Å². The Hall–Kier alpha value is -1.46. The molecule has 2 rings (SSSR count). The lowest BCUT2D eigenvalue weighted by atomic mass is 10.2. The van der Waals surface area contributed by atoms with Gasteiger partial charge in [0.2, 0.25) is 5.88 Å². The van der Waals surface area contributed by atoms with E-state index in [1.54, 1.807) is 13.3 Å². The molecule has 1 N–H and O–H groups in total. The predicted octanol–water partition coefficient (Wildman–Crippen LogP) is 4.18. The van der Waals surface area contributed by atoms with Crippen molar-refractivity contribution in [2.75, 3.05) is 31.4 Å². The van der Waals surface area contributed by atoms with Gasteiger partial charge >= 0.3 is 0 Å². The van der Waals surface area contributed by atoms with Gasteiger partial charge in [-0.2, -0.15) is 0 Å². The van der Waals surface area contributed by atoms with Crippen molar-refractivity contribution < 1.29 is 4.74 Å². The van der Waals surface area contributed by atoms with Crippen LogP contribution in [0.4, 0.5) is 11.4 Å². The number of methoxy groups -OCH3 is 1. The molecule has 0 unspecified atom stereocenters. The van der Waals surface area contributed by atoms with E-state index < -0.39 is 0 Å². The Morgan fingerprint density at radius 2 is 2.10 bits per heavy atom. The van der Waals surface area contributed by atoms with Crippen LogP contribution in [0.3, 0.4) is 0 Å². The number of benzene rings is 1. The second-order valence-electron chi connectivity index (χ2n) is 4.70. The first-order valence-corrected chi connectivity index (χ1v) is 7.58. The summed E-state index contributed by atoms with van der Waals surface area (Å²) in [6, 6.07) is 7.68. The molecule has 21 heavy (non-hydrogen) atoms. The first kappa shape index (κ1) is 15.9. The van der Waals surface area contributed by atoms with Crippen LogP contribution >= 0.6 is 27.5 Å². The average molecular weight is 371 g/mol. The first-order chi connectivity index (χ1) is 10.0. The molecule has 0 fully saturated rings. The summed E-state index contributed by atoms with van der Waals surface area (Å²) in [7, 11) is 5.58. The molecule has 1 heterocycles. The number of anilines is 2. The lowest BCUT2D eigenvalue weighted by Gasteiger charge is -2.20. The van der Waals surface area contributed by atoms with Gasteiger partial charge in [0.15, 0.2) is 0 Å². The van der Waals surface area contributed by atoms with E-state index >= 15 is 0 Å². The second-order valence-corrected chi connectivity index (χ2v) is 5.99. The maximum atomic E-state index is 5.96. The molecule has 0 amide bonds. The SMILES string of the molecule is COc1nccc(N(C)C)c1NCc1ccc(Cl)cc1Br. The molecule has 1 aromatic heterocycles. The monoisotopic (exact) mass is 369 g/mol. The minimum atomic E-state index is 0.575. The summed E-state index contributed by atoms with van der Waals surface area (Å²) in [5, 5.41) is 4.10. The molecular weight excluding hydrogens is 354 g/mol. The highest BCUT2D eigenvalue weighted by molar-refractivity contribution is 9.10. The van der Waals surface area contributed by atoms with Crippen LogP contribution in [-0.2, 0) is 6.54 Å². The third-order valence-corrected chi connectivity index (χ3v) is 4.01. The van der Waals surface area contributed by atoms with Gasteiger partial charge in [0.25, 0.3) is 0 Å². The average Bonchev–Trinajstić information content (AvgIpc) is 2.45. The Balaban J connectivity index is 2.26. The summed E-state index contributed by atoms with van der Waals surface area (Å²) in [4.78, 5) is 6.26. The van der Waals surface area contributed by atoms with E-state index in [4.69, 9.17) is 16.3 Å². The Bertz CT molecular complexity index is 634. The Morgan fingerprint density at radius 3 is 2.71 bits per heavy atom. The molecule has 0 aliphatic rings. The van der Waals surface area contributed by atoms with E-state index in [0.29, 0.717) is 17.4 Å². The van der Waals surface area contributed by atoms with Crippen molar-refractivity contribution >= 4 is 38.9 Å². The molecule has 0 aliphatic carbocycles. The molecule has 4 nitrogen and oxygen atoms in total. The quantitative estimate of drug-likeness (QED) is 0.856. The lowest BCUT2D eigenvalue weighted by Crippen LogP contribution is -2.13. The molecule has 0 radical (unpaired) electrons. The summed E-state index contributed by atoms with van der Waals surface area (Å²) in [5.41, 5.74) is 2.99. The number of halogens is 2. The summed E-state index contributed by atoms with van der Waals surface area (Å²) in [6.45, 7) is 0.640. The summed E-state index contributed by atoms with van der Waals surface area (Å²) in [6.07, 6.45) is 1.73. The largest absolute Gasteiger partial charge is 0.479 e. The highest BCUT2D eigenvalue weighted by Gasteiger charge is 2.12. The van der Waals surface area contributed by atoms with Gasteiger partial charge in [-0.15, -0.1) is 0 Å². The lowest BCUT2D eigenvalue weighted by molar-refractivity contribution is 0.400. The number of hydrogen-bond donors (Lipinski definition) is 1. The number of pyridine rings is 1. The fourth-order valence-electron chi connectivity index (χ4n) is 1.98. The number of aromatic nitrogens is 1. The number of nitrogens with zero attached hydrogens (tertiary/aromatic N) is 2. The van der Waals surface area contributed by atoms with E-state index in [-0.39, 0.29) is 0 Å². The highest BCUT2D eigenvalue weighted by atomic mass is 79.9. The van der Waals surface area contributed by atoms with E-state index in [1.807, 2.05) is 43.3 Å². The Labute approximate surface area is 138 Å². The molecular formula is C15H17BrClN3O. The molecule has 2 aromatic rings. The Kier molecular flexibility index (Phi) is 5.31. The third kappa shape index (κ3) is 3.80. The molecule has 0 atom stereocenters. The molecule has 0 saturated carbocycles. The third-order valence-electron chi connectivity index (χ3n) is 3.04. The number of ether oxygens (including phenoxy) is 1. The molecule has 0 saturated heterocycles. The van der Waals surface area contributed by atoms with Crippen molar-refractivity contribution in [1.82, 2.24) is 4.98 Å². The number of hydrogen-bond acceptors (Lipinski definition) is 4. The second kappa shape index (κ2) is 7.00.